The molecule has 0 fully saturated rings. The highest BCUT2D eigenvalue weighted by Crippen LogP contribution is 2.18. The minimum absolute atomic E-state index is 0.181. The lowest BCUT2D eigenvalue weighted by Gasteiger charge is -2.16. The third-order valence-corrected chi connectivity index (χ3v) is 3.84. The molecule has 0 saturated heterocycles. The first-order valence-corrected chi connectivity index (χ1v) is 7.02. The molecule has 0 bridgehead atoms. The lowest BCUT2D eigenvalue weighted by molar-refractivity contribution is 0.616. The molecule has 0 radical (unpaired) electrons. The van der Waals surface area contributed by atoms with Gasteiger partial charge in [0, 0.05) is 24.1 Å². The van der Waals surface area contributed by atoms with Gasteiger partial charge < -0.3 is 4.90 Å². The Hall–Kier alpha value is -1.69. The van der Waals surface area contributed by atoms with Gasteiger partial charge in [-0.2, -0.15) is 5.10 Å². The van der Waals surface area contributed by atoms with Crippen LogP contribution in [0.15, 0.2) is 39.7 Å². The van der Waals surface area contributed by atoms with Crippen LogP contribution in [0.2, 0.25) is 0 Å². The van der Waals surface area contributed by atoms with E-state index in [4.69, 9.17) is 0 Å². The smallest absolute Gasteiger partial charge is 0.269 e. The summed E-state index contributed by atoms with van der Waals surface area (Å²) in [4.78, 5) is 14.0. The van der Waals surface area contributed by atoms with E-state index in [1.165, 1.54) is 16.8 Å². The second kappa shape index (κ2) is 6.17. The Kier molecular flexibility index (Phi) is 4.54. The summed E-state index contributed by atoms with van der Waals surface area (Å²) in [5.74, 6) is -0.319. The fourth-order valence-corrected chi connectivity index (χ4v) is 2.22. The zero-order chi connectivity index (χ0) is 14.7. The molecule has 1 aromatic heterocycles. The van der Waals surface area contributed by atoms with E-state index in [2.05, 4.69) is 21.0 Å². The Bertz CT molecular complexity index is 672. The predicted molar refractivity (Wildman–Crippen MR) is 80.6 cm³/mol. The van der Waals surface area contributed by atoms with Crippen LogP contribution in [0.4, 0.5) is 10.1 Å². The summed E-state index contributed by atoms with van der Waals surface area (Å²) in [7, 11) is 1.90. The Morgan fingerprint density at radius 3 is 2.75 bits per heavy atom. The average Bonchev–Trinajstić information content (AvgIpc) is 2.42. The van der Waals surface area contributed by atoms with Gasteiger partial charge in [-0.05, 0) is 24.6 Å². The molecule has 0 aliphatic heterocycles. The summed E-state index contributed by atoms with van der Waals surface area (Å²) in [6.45, 7) is 3.10. The molecule has 0 aliphatic carbocycles. The predicted octanol–water partition coefficient (Wildman–Crippen LogP) is 2.65. The van der Waals surface area contributed by atoms with Gasteiger partial charge in [0.25, 0.3) is 5.56 Å². The van der Waals surface area contributed by atoms with Gasteiger partial charge in [0.1, 0.15) is 5.82 Å². The maximum Gasteiger partial charge on any atom is 0.269 e. The molecule has 6 heteroatoms. The molecule has 2 rings (SSSR count). The van der Waals surface area contributed by atoms with Gasteiger partial charge in [-0.15, -0.1) is 0 Å². The summed E-state index contributed by atoms with van der Waals surface area (Å²) < 4.78 is 15.0. The van der Waals surface area contributed by atoms with Gasteiger partial charge >= 0.3 is 0 Å². The van der Waals surface area contributed by atoms with Crippen LogP contribution in [0.25, 0.3) is 0 Å². The van der Waals surface area contributed by atoms with Gasteiger partial charge in [0.15, 0.2) is 0 Å². The highest BCUT2D eigenvalue weighted by molar-refractivity contribution is 9.10. The lowest BCUT2D eigenvalue weighted by atomic mass is 10.2. The van der Waals surface area contributed by atoms with Crippen molar-refractivity contribution in [3.8, 4) is 0 Å². The number of hydrogen-bond donors (Lipinski definition) is 0. The van der Waals surface area contributed by atoms with Crippen molar-refractivity contribution in [3.63, 3.8) is 0 Å². The van der Waals surface area contributed by atoms with Gasteiger partial charge in [-0.3, -0.25) is 4.79 Å². The minimum atomic E-state index is -0.319. The first-order valence-electron chi connectivity index (χ1n) is 6.23. The Labute approximate surface area is 125 Å². The highest BCUT2D eigenvalue weighted by atomic mass is 79.9. The Balaban J connectivity index is 2.28. The van der Waals surface area contributed by atoms with Crippen LogP contribution in [-0.4, -0.2) is 23.4 Å². The zero-order valence-electron chi connectivity index (χ0n) is 11.3. The van der Waals surface area contributed by atoms with E-state index < -0.39 is 0 Å². The van der Waals surface area contributed by atoms with Gasteiger partial charge in [0.2, 0.25) is 0 Å². The summed E-state index contributed by atoms with van der Waals surface area (Å²) in [6, 6.07) is 5.93. The monoisotopic (exact) mass is 339 g/mol. The topological polar surface area (TPSA) is 38.1 Å². The number of hydrogen-bond acceptors (Lipinski definition) is 3. The third-order valence-electron chi connectivity index (χ3n) is 3.11. The first kappa shape index (κ1) is 14.7. The number of aromatic nitrogens is 2. The molecular formula is C14H15BrFN3O. The van der Waals surface area contributed by atoms with Crippen molar-refractivity contribution in [2.45, 2.75) is 13.5 Å². The summed E-state index contributed by atoms with van der Waals surface area (Å²) in [6.07, 6.45) is 1.66. The number of benzene rings is 1. The van der Waals surface area contributed by atoms with Gasteiger partial charge in [-0.25, -0.2) is 9.07 Å². The Morgan fingerprint density at radius 2 is 2.15 bits per heavy atom. The molecule has 0 aliphatic rings. The van der Waals surface area contributed by atoms with Crippen molar-refractivity contribution in [1.82, 2.24) is 9.78 Å². The highest BCUT2D eigenvalue weighted by Gasteiger charge is 2.07. The second-order valence-corrected chi connectivity index (χ2v) is 5.31. The molecule has 1 heterocycles. The molecule has 0 saturated carbocycles. The molecule has 0 unspecified atom stereocenters. The van der Waals surface area contributed by atoms with Crippen LogP contribution >= 0.6 is 15.9 Å². The molecule has 106 valence electrons. The van der Waals surface area contributed by atoms with Crippen molar-refractivity contribution in [1.29, 1.82) is 0 Å². The quantitative estimate of drug-likeness (QED) is 0.859. The van der Waals surface area contributed by atoms with Crippen LogP contribution < -0.4 is 10.5 Å². The van der Waals surface area contributed by atoms with E-state index in [9.17, 15) is 9.18 Å². The van der Waals surface area contributed by atoms with Crippen LogP contribution in [0.3, 0.4) is 0 Å². The van der Waals surface area contributed by atoms with Crippen molar-refractivity contribution in [2.24, 2.45) is 0 Å². The lowest BCUT2D eigenvalue weighted by Crippen LogP contribution is -2.26. The van der Waals surface area contributed by atoms with Crippen LogP contribution in [0.1, 0.15) is 12.5 Å². The number of halogens is 2. The van der Waals surface area contributed by atoms with Crippen molar-refractivity contribution >= 4 is 21.6 Å². The summed E-state index contributed by atoms with van der Waals surface area (Å²) >= 11 is 3.29. The fraction of sp³-hybridized carbons (Fsp3) is 0.286. The molecule has 2 aromatic rings. The normalized spacial score (nSPS) is 10.6. The molecule has 0 atom stereocenters. The Morgan fingerprint density at radius 1 is 1.40 bits per heavy atom. The summed E-state index contributed by atoms with van der Waals surface area (Å²) in [5, 5.41) is 4.15. The minimum Gasteiger partial charge on any atom is -0.373 e. The third kappa shape index (κ3) is 3.25. The maximum absolute atomic E-state index is 13.0. The van der Waals surface area contributed by atoms with E-state index in [1.54, 1.807) is 18.3 Å². The number of nitrogens with zero attached hydrogens (tertiary/aromatic N) is 3. The number of anilines is 1. The van der Waals surface area contributed by atoms with Crippen LogP contribution in [0.5, 0.6) is 0 Å². The first-order chi connectivity index (χ1) is 9.51. The van der Waals surface area contributed by atoms with Crippen molar-refractivity contribution < 1.29 is 4.39 Å². The molecular weight excluding hydrogens is 325 g/mol. The molecule has 0 N–H and O–H groups in total. The van der Waals surface area contributed by atoms with Crippen molar-refractivity contribution in [2.75, 3.05) is 18.5 Å². The van der Waals surface area contributed by atoms with Gasteiger partial charge in [-0.1, -0.05) is 22.0 Å². The maximum atomic E-state index is 13.0. The van der Waals surface area contributed by atoms with E-state index in [1.807, 2.05) is 18.9 Å². The standard InChI is InChI=1S/C14H15BrFN3O/c1-3-18(2)12-7-14(20)19(17-8-12)9-10-4-5-11(16)6-13(10)15/h4-8H,3,9H2,1-2H3. The summed E-state index contributed by atoms with van der Waals surface area (Å²) in [5.41, 5.74) is 1.41. The second-order valence-electron chi connectivity index (χ2n) is 4.46. The van der Waals surface area contributed by atoms with E-state index in [-0.39, 0.29) is 11.4 Å². The van der Waals surface area contributed by atoms with Gasteiger partial charge in [0.05, 0.1) is 18.4 Å². The average molecular weight is 340 g/mol. The SMILES string of the molecule is CCN(C)c1cnn(Cc2ccc(F)cc2Br)c(=O)c1. The molecule has 1 aromatic carbocycles. The molecule has 20 heavy (non-hydrogen) atoms. The van der Waals surface area contributed by atoms with E-state index in [0.29, 0.717) is 11.0 Å². The van der Waals surface area contributed by atoms with E-state index in [0.717, 1.165) is 17.8 Å². The zero-order valence-corrected chi connectivity index (χ0v) is 12.9. The molecule has 0 amide bonds. The van der Waals surface area contributed by atoms with Crippen molar-refractivity contribution in [3.05, 3.63) is 56.7 Å². The number of rotatable bonds is 4. The van der Waals surface area contributed by atoms with Crippen LogP contribution in [-0.2, 0) is 6.54 Å². The molecule has 0 spiro atoms. The molecule has 4 nitrogen and oxygen atoms in total. The largest absolute Gasteiger partial charge is 0.373 e. The van der Waals surface area contributed by atoms with Crippen LogP contribution in [0, 0.1) is 5.82 Å². The van der Waals surface area contributed by atoms with E-state index >= 15 is 0 Å². The fourth-order valence-electron chi connectivity index (χ4n) is 1.75.